The Morgan fingerprint density at radius 1 is 1.12 bits per heavy atom. The van der Waals surface area contributed by atoms with Gasteiger partial charge < -0.3 is 10.1 Å². The Bertz CT molecular complexity index is 877. The number of nitrogens with one attached hydrogen (secondary N) is 1. The van der Waals surface area contributed by atoms with Crippen molar-refractivity contribution in [3.8, 4) is 5.75 Å². The zero-order valence-electron chi connectivity index (χ0n) is 19.2. The van der Waals surface area contributed by atoms with Crippen LogP contribution in [-0.2, 0) is 10.0 Å². The summed E-state index contributed by atoms with van der Waals surface area (Å²) in [6, 6.07) is 5.20. The minimum atomic E-state index is -3.18. The highest BCUT2D eigenvalue weighted by Crippen LogP contribution is 2.34. The van der Waals surface area contributed by atoms with Crippen molar-refractivity contribution in [2.75, 3.05) is 45.6 Å². The molecule has 0 bridgehead atoms. The zero-order chi connectivity index (χ0) is 23.2. The quantitative estimate of drug-likeness (QED) is 0.570. The summed E-state index contributed by atoms with van der Waals surface area (Å²) in [5, 5.41) is 3.45. The number of hydrogen-bond donors (Lipinski definition) is 1. The first-order chi connectivity index (χ1) is 15.3. The molecule has 1 saturated carbocycles. The van der Waals surface area contributed by atoms with E-state index in [-0.39, 0.29) is 17.2 Å². The minimum absolute atomic E-state index is 0.155. The maximum Gasteiger partial charge on any atom is 0.253 e. The monoisotopic (exact) mass is 485 g/mol. The molecule has 32 heavy (non-hydrogen) atoms. The number of sulfonamides is 1. The highest BCUT2D eigenvalue weighted by molar-refractivity contribution is 7.89. The van der Waals surface area contributed by atoms with Gasteiger partial charge in [-0.1, -0.05) is 50.3 Å². The van der Waals surface area contributed by atoms with Gasteiger partial charge in [-0.15, -0.1) is 0 Å². The van der Waals surface area contributed by atoms with Crippen LogP contribution in [0.5, 0.6) is 5.75 Å². The standard InChI is InChI=1S/C23H36ClN3O4S/c1-3-17-32(29,30)27-15-13-26(14-16-27)23(11-6-4-5-7-12-23)18-25-22(28)19-9-8-10-20(31-2)21(19)24/h8-10H,3-7,11-18H2,1-2H3,(H,25,28). The number of nitrogens with zero attached hydrogens (tertiary/aromatic N) is 2. The number of hydrogen-bond acceptors (Lipinski definition) is 5. The maximum absolute atomic E-state index is 13.0. The number of amides is 1. The molecule has 1 saturated heterocycles. The Balaban J connectivity index is 1.72. The lowest BCUT2D eigenvalue weighted by molar-refractivity contribution is 0.0391. The number of ether oxygens (including phenoxy) is 1. The van der Waals surface area contributed by atoms with Crippen molar-refractivity contribution in [3.63, 3.8) is 0 Å². The maximum atomic E-state index is 13.0. The number of halogens is 1. The molecule has 1 amide bonds. The van der Waals surface area contributed by atoms with E-state index >= 15 is 0 Å². The van der Waals surface area contributed by atoms with E-state index in [9.17, 15) is 13.2 Å². The molecule has 1 aliphatic heterocycles. The second-order valence-corrected chi connectivity index (χ2v) is 11.3. The van der Waals surface area contributed by atoms with Crippen LogP contribution in [0.25, 0.3) is 0 Å². The van der Waals surface area contributed by atoms with Crippen LogP contribution in [0.1, 0.15) is 62.2 Å². The second kappa shape index (κ2) is 11.2. The molecule has 180 valence electrons. The molecule has 0 atom stereocenters. The molecule has 0 unspecified atom stereocenters. The third-order valence-electron chi connectivity index (χ3n) is 6.81. The summed E-state index contributed by atoms with van der Waals surface area (Å²) in [7, 11) is -1.65. The average Bonchev–Trinajstić information content (AvgIpc) is 3.04. The lowest BCUT2D eigenvalue weighted by Gasteiger charge is -2.47. The molecule has 9 heteroatoms. The van der Waals surface area contributed by atoms with Crippen molar-refractivity contribution < 1.29 is 17.9 Å². The van der Waals surface area contributed by atoms with Gasteiger partial charge >= 0.3 is 0 Å². The Labute approximate surface area is 197 Å². The van der Waals surface area contributed by atoms with Crippen LogP contribution in [0.4, 0.5) is 0 Å². The van der Waals surface area contributed by atoms with Gasteiger partial charge in [-0.05, 0) is 31.4 Å². The largest absolute Gasteiger partial charge is 0.495 e. The molecule has 1 heterocycles. The molecule has 0 radical (unpaired) electrons. The van der Waals surface area contributed by atoms with E-state index in [1.165, 1.54) is 20.0 Å². The molecular formula is C23H36ClN3O4S. The van der Waals surface area contributed by atoms with Crippen LogP contribution in [-0.4, -0.2) is 74.7 Å². The predicted molar refractivity (Wildman–Crippen MR) is 128 cm³/mol. The number of carbonyl (C=O) groups excluding carboxylic acids is 1. The molecule has 3 rings (SSSR count). The molecule has 2 fully saturated rings. The molecule has 2 aliphatic rings. The minimum Gasteiger partial charge on any atom is -0.495 e. The fraction of sp³-hybridized carbons (Fsp3) is 0.696. The summed E-state index contributed by atoms with van der Waals surface area (Å²) in [5.41, 5.74) is 0.253. The molecule has 0 aromatic heterocycles. The molecule has 7 nitrogen and oxygen atoms in total. The van der Waals surface area contributed by atoms with E-state index in [4.69, 9.17) is 16.3 Å². The van der Waals surface area contributed by atoms with Gasteiger partial charge in [0.05, 0.1) is 23.4 Å². The molecule has 1 aromatic carbocycles. The Morgan fingerprint density at radius 2 is 1.78 bits per heavy atom. The van der Waals surface area contributed by atoms with Crippen LogP contribution in [0.3, 0.4) is 0 Å². The lowest BCUT2D eigenvalue weighted by Crippen LogP contribution is -2.61. The summed E-state index contributed by atoms with van der Waals surface area (Å²) in [4.78, 5) is 15.4. The van der Waals surface area contributed by atoms with Gasteiger partial charge in [0.2, 0.25) is 10.0 Å². The Kier molecular flexibility index (Phi) is 8.83. The number of benzene rings is 1. The van der Waals surface area contributed by atoms with E-state index in [0.29, 0.717) is 55.5 Å². The van der Waals surface area contributed by atoms with E-state index in [1.807, 2.05) is 6.92 Å². The predicted octanol–water partition coefficient (Wildman–Crippen LogP) is 3.53. The number of piperazine rings is 1. The third-order valence-corrected chi connectivity index (χ3v) is 9.27. The highest BCUT2D eigenvalue weighted by Gasteiger charge is 2.40. The lowest BCUT2D eigenvalue weighted by atomic mass is 9.87. The molecule has 1 N–H and O–H groups in total. The summed E-state index contributed by atoms with van der Waals surface area (Å²) in [5.74, 6) is 0.477. The van der Waals surface area contributed by atoms with E-state index in [2.05, 4.69) is 10.2 Å². The average molecular weight is 486 g/mol. The smallest absolute Gasteiger partial charge is 0.253 e. The van der Waals surface area contributed by atoms with E-state index < -0.39 is 10.0 Å². The zero-order valence-corrected chi connectivity index (χ0v) is 20.8. The third kappa shape index (κ3) is 5.76. The second-order valence-electron chi connectivity index (χ2n) is 8.85. The Hall–Kier alpha value is -1.35. The van der Waals surface area contributed by atoms with Crippen LogP contribution in [0.2, 0.25) is 5.02 Å². The highest BCUT2D eigenvalue weighted by atomic mass is 35.5. The van der Waals surface area contributed by atoms with Gasteiger partial charge in [0, 0.05) is 38.3 Å². The number of carbonyl (C=O) groups is 1. The van der Waals surface area contributed by atoms with Crippen LogP contribution in [0, 0.1) is 0 Å². The van der Waals surface area contributed by atoms with Gasteiger partial charge in [0.1, 0.15) is 5.75 Å². The SMILES string of the molecule is CCCS(=O)(=O)N1CCN(C2(CNC(=O)c3cccc(OC)c3Cl)CCCCCC2)CC1. The summed E-state index contributed by atoms with van der Waals surface area (Å²) in [6.45, 7) is 4.84. The van der Waals surface area contributed by atoms with Crippen molar-refractivity contribution in [1.82, 2.24) is 14.5 Å². The van der Waals surface area contributed by atoms with Gasteiger partial charge in [-0.3, -0.25) is 9.69 Å². The molecule has 1 aliphatic carbocycles. The number of methoxy groups -OCH3 is 1. The van der Waals surface area contributed by atoms with Crippen molar-refractivity contribution >= 4 is 27.5 Å². The van der Waals surface area contributed by atoms with E-state index in [1.54, 1.807) is 22.5 Å². The molecule has 1 aromatic rings. The van der Waals surface area contributed by atoms with Gasteiger partial charge in [0.25, 0.3) is 5.91 Å². The summed E-state index contributed by atoms with van der Waals surface area (Å²) in [6.07, 6.45) is 7.26. The van der Waals surface area contributed by atoms with E-state index in [0.717, 1.165) is 25.7 Å². The summed E-state index contributed by atoms with van der Waals surface area (Å²) >= 11 is 6.36. The first-order valence-corrected chi connectivity index (χ1v) is 13.7. The number of rotatable bonds is 8. The van der Waals surface area contributed by atoms with Crippen molar-refractivity contribution in [3.05, 3.63) is 28.8 Å². The van der Waals surface area contributed by atoms with Crippen LogP contribution in [0.15, 0.2) is 18.2 Å². The summed E-state index contributed by atoms with van der Waals surface area (Å²) < 4.78 is 31.8. The molecule has 0 spiro atoms. The topological polar surface area (TPSA) is 79.0 Å². The first kappa shape index (κ1) is 25.3. The van der Waals surface area contributed by atoms with Gasteiger partial charge in [-0.25, -0.2) is 8.42 Å². The van der Waals surface area contributed by atoms with Crippen molar-refractivity contribution in [2.24, 2.45) is 0 Å². The van der Waals surface area contributed by atoms with Gasteiger partial charge in [0.15, 0.2) is 0 Å². The fourth-order valence-corrected chi connectivity index (χ4v) is 6.79. The van der Waals surface area contributed by atoms with Crippen LogP contribution < -0.4 is 10.1 Å². The van der Waals surface area contributed by atoms with Crippen molar-refractivity contribution in [1.29, 1.82) is 0 Å². The first-order valence-electron chi connectivity index (χ1n) is 11.7. The fourth-order valence-electron chi connectivity index (χ4n) is 5.00. The van der Waals surface area contributed by atoms with Crippen molar-refractivity contribution in [2.45, 2.75) is 57.4 Å². The van der Waals surface area contributed by atoms with Gasteiger partial charge in [-0.2, -0.15) is 4.31 Å². The Morgan fingerprint density at radius 3 is 2.38 bits per heavy atom. The van der Waals surface area contributed by atoms with Crippen LogP contribution >= 0.6 is 11.6 Å². The normalized spacial score (nSPS) is 20.5. The molecular weight excluding hydrogens is 450 g/mol.